The smallest absolute Gasteiger partial charge is 0.219 e. The van der Waals surface area contributed by atoms with Crippen molar-refractivity contribution in [3.63, 3.8) is 0 Å². The van der Waals surface area contributed by atoms with E-state index in [-0.39, 0.29) is 5.91 Å². The summed E-state index contributed by atoms with van der Waals surface area (Å²) in [4.78, 5) is 21.4. The van der Waals surface area contributed by atoms with Gasteiger partial charge in [-0.25, -0.2) is 4.98 Å². The highest BCUT2D eigenvalue weighted by Crippen LogP contribution is 2.31. The van der Waals surface area contributed by atoms with Crippen LogP contribution < -0.4 is 0 Å². The third-order valence-electron chi connectivity index (χ3n) is 5.46. The van der Waals surface area contributed by atoms with Crippen LogP contribution >= 0.6 is 11.3 Å². The van der Waals surface area contributed by atoms with Crippen molar-refractivity contribution in [3.8, 4) is 0 Å². The average molecular weight is 350 g/mol. The van der Waals surface area contributed by atoms with Gasteiger partial charge in [-0.3, -0.25) is 9.69 Å². The first-order valence-corrected chi connectivity index (χ1v) is 10.4. The molecule has 5 heteroatoms. The maximum absolute atomic E-state index is 11.9. The highest BCUT2D eigenvalue weighted by Gasteiger charge is 2.38. The number of amides is 1. The second kappa shape index (κ2) is 7.96. The van der Waals surface area contributed by atoms with Gasteiger partial charge >= 0.3 is 0 Å². The second-order valence-corrected chi connectivity index (χ2v) is 8.71. The molecule has 0 N–H and O–H groups in total. The van der Waals surface area contributed by atoms with Crippen molar-refractivity contribution in [2.75, 3.05) is 13.1 Å². The Balaban J connectivity index is 1.61. The van der Waals surface area contributed by atoms with Gasteiger partial charge < -0.3 is 4.90 Å². The Labute approximate surface area is 150 Å². The molecule has 4 nitrogen and oxygen atoms in total. The number of thiazole rings is 1. The Morgan fingerprint density at radius 3 is 2.79 bits per heavy atom. The molecule has 3 rings (SSSR count). The number of likely N-dealkylation sites (tertiary alicyclic amines) is 2. The number of aromatic nitrogens is 1. The molecule has 0 saturated carbocycles. The summed E-state index contributed by atoms with van der Waals surface area (Å²) < 4.78 is 0. The zero-order chi connectivity index (χ0) is 17.1. The lowest BCUT2D eigenvalue weighted by Gasteiger charge is -2.34. The predicted molar refractivity (Wildman–Crippen MR) is 99.1 cm³/mol. The topological polar surface area (TPSA) is 36.4 Å². The Bertz CT molecular complexity index is 557. The molecule has 1 aromatic heterocycles. The number of carbonyl (C=O) groups is 1. The summed E-state index contributed by atoms with van der Waals surface area (Å²) in [7, 11) is 0. The number of hydrogen-bond donors (Lipinski definition) is 0. The van der Waals surface area contributed by atoms with E-state index in [0.717, 1.165) is 44.8 Å². The van der Waals surface area contributed by atoms with Gasteiger partial charge in [-0.15, -0.1) is 11.3 Å². The van der Waals surface area contributed by atoms with Crippen molar-refractivity contribution in [3.05, 3.63) is 16.1 Å². The van der Waals surface area contributed by atoms with E-state index in [1.165, 1.54) is 30.0 Å². The van der Waals surface area contributed by atoms with E-state index in [2.05, 4.69) is 29.0 Å². The molecule has 2 aliphatic heterocycles. The fraction of sp³-hybridized carbons (Fsp3) is 0.789. The van der Waals surface area contributed by atoms with Crippen molar-refractivity contribution in [1.82, 2.24) is 14.8 Å². The minimum Gasteiger partial charge on any atom is -0.338 e. The highest BCUT2D eigenvalue weighted by molar-refractivity contribution is 7.09. The average Bonchev–Trinajstić information content (AvgIpc) is 3.25. The van der Waals surface area contributed by atoms with Gasteiger partial charge in [0.15, 0.2) is 0 Å². The van der Waals surface area contributed by atoms with Crippen molar-refractivity contribution in [1.29, 1.82) is 0 Å². The third-order valence-corrected chi connectivity index (χ3v) is 6.42. The molecular weight excluding hydrogens is 318 g/mol. The van der Waals surface area contributed by atoms with Gasteiger partial charge in [0.05, 0.1) is 10.7 Å². The van der Waals surface area contributed by atoms with Gasteiger partial charge in [-0.05, 0) is 51.0 Å². The van der Waals surface area contributed by atoms with Crippen molar-refractivity contribution in [2.24, 2.45) is 5.92 Å². The Morgan fingerprint density at radius 1 is 1.29 bits per heavy atom. The van der Waals surface area contributed by atoms with Gasteiger partial charge in [0, 0.05) is 37.5 Å². The van der Waals surface area contributed by atoms with Crippen LogP contribution in [0.2, 0.25) is 0 Å². The molecule has 0 aliphatic carbocycles. The second-order valence-electron chi connectivity index (χ2n) is 7.77. The molecule has 0 spiro atoms. The lowest BCUT2D eigenvalue weighted by Crippen LogP contribution is -2.47. The highest BCUT2D eigenvalue weighted by atomic mass is 32.1. The summed E-state index contributed by atoms with van der Waals surface area (Å²) in [5.41, 5.74) is 1.22. The maximum atomic E-state index is 11.9. The van der Waals surface area contributed by atoms with Crippen molar-refractivity contribution < 1.29 is 4.79 Å². The SMILES string of the molecule is CC(=O)N1CCC[C@@H]1[C@@H]1CCCN1Cc1csc(CCC(C)C)n1. The van der Waals surface area contributed by atoms with Crippen molar-refractivity contribution >= 4 is 17.2 Å². The van der Waals surface area contributed by atoms with E-state index in [0.29, 0.717) is 12.1 Å². The molecule has 2 aliphatic rings. The molecule has 0 bridgehead atoms. The molecule has 1 amide bonds. The van der Waals surface area contributed by atoms with Crippen LogP contribution in [0.15, 0.2) is 5.38 Å². The zero-order valence-corrected chi connectivity index (χ0v) is 16.1. The van der Waals surface area contributed by atoms with Gasteiger partial charge in [0.25, 0.3) is 0 Å². The quantitative estimate of drug-likeness (QED) is 0.785. The minimum absolute atomic E-state index is 0.244. The Hall–Kier alpha value is -0.940. The molecule has 2 atom stereocenters. The number of hydrogen-bond acceptors (Lipinski definition) is 4. The van der Waals surface area contributed by atoms with Gasteiger partial charge in [-0.2, -0.15) is 0 Å². The fourth-order valence-corrected chi connectivity index (χ4v) is 5.03. The van der Waals surface area contributed by atoms with E-state index in [9.17, 15) is 4.79 Å². The minimum atomic E-state index is 0.244. The van der Waals surface area contributed by atoms with Gasteiger partial charge in [0.1, 0.15) is 0 Å². The van der Waals surface area contributed by atoms with Crippen LogP contribution in [0.1, 0.15) is 63.6 Å². The molecule has 1 aromatic rings. The maximum Gasteiger partial charge on any atom is 0.219 e. The summed E-state index contributed by atoms with van der Waals surface area (Å²) in [6, 6.07) is 0.946. The first-order valence-electron chi connectivity index (χ1n) is 9.49. The fourth-order valence-electron chi connectivity index (χ4n) is 4.22. The molecule has 3 heterocycles. The first kappa shape index (κ1) is 17.9. The molecule has 2 fully saturated rings. The summed E-state index contributed by atoms with van der Waals surface area (Å²) in [6.07, 6.45) is 7.11. The molecule has 2 saturated heterocycles. The largest absolute Gasteiger partial charge is 0.338 e. The Morgan fingerprint density at radius 2 is 2.04 bits per heavy atom. The molecule has 0 unspecified atom stereocenters. The van der Waals surface area contributed by atoms with E-state index in [1.807, 2.05) is 11.3 Å². The zero-order valence-electron chi connectivity index (χ0n) is 15.3. The van der Waals surface area contributed by atoms with Crippen LogP contribution in [0.4, 0.5) is 0 Å². The molecule has 134 valence electrons. The standard InChI is InChI=1S/C19H31N3OS/c1-14(2)8-9-19-20-16(13-24-19)12-21-10-4-6-17(21)18-7-5-11-22(18)15(3)23/h13-14,17-18H,4-12H2,1-3H3/t17-,18+/m0/s1. The summed E-state index contributed by atoms with van der Waals surface area (Å²) in [6.45, 7) is 9.30. The number of aryl methyl sites for hydroxylation is 1. The summed E-state index contributed by atoms with van der Waals surface area (Å²) in [5.74, 6) is 0.981. The van der Waals surface area contributed by atoms with Gasteiger partial charge in [-0.1, -0.05) is 13.8 Å². The van der Waals surface area contributed by atoms with E-state index < -0.39 is 0 Å². The van der Waals surface area contributed by atoms with Crippen LogP contribution in [0.5, 0.6) is 0 Å². The van der Waals surface area contributed by atoms with Crippen LogP contribution in [0, 0.1) is 5.92 Å². The predicted octanol–water partition coefficient (Wildman–Crippen LogP) is 3.71. The van der Waals surface area contributed by atoms with Crippen LogP contribution in [-0.2, 0) is 17.8 Å². The molecule has 24 heavy (non-hydrogen) atoms. The summed E-state index contributed by atoms with van der Waals surface area (Å²) >= 11 is 1.81. The number of rotatable bonds is 6. The lowest BCUT2D eigenvalue weighted by molar-refractivity contribution is -0.130. The Kier molecular flexibility index (Phi) is 5.93. The van der Waals surface area contributed by atoms with Crippen molar-refractivity contribution in [2.45, 2.75) is 77.9 Å². The molecular formula is C19H31N3OS. The monoisotopic (exact) mass is 349 g/mol. The van der Waals surface area contributed by atoms with E-state index in [1.54, 1.807) is 6.92 Å². The van der Waals surface area contributed by atoms with Crippen LogP contribution in [0.3, 0.4) is 0 Å². The summed E-state index contributed by atoms with van der Waals surface area (Å²) in [5, 5.41) is 3.52. The van der Waals surface area contributed by atoms with Crippen LogP contribution in [-0.4, -0.2) is 45.9 Å². The lowest BCUT2D eigenvalue weighted by atomic mass is 10.0. The van der Waals surface area contributed by atoms with E-state index >= 15 is 0 Å². The number of carbonyl (C=O) groups excluding carboxylic acids is 1. The first-order chi connectivity index (χ1) is 11.5. The molecule has 0 radical (unpaired) electrons. The number of nitrogens with zero attached hydrogens (tertiary/aromatic N) is 3. The van der Waals surface area contributed by atoms with E-state index in [4.69, 9.17) is 4.98 Å². The normalized spacial score (nSPS) is 25.1. The molecule has 0 aromatic carbocycles. The van der Waals surface area contributed by atoms with Gasteiger partial charge in [0.2, 0.25) is 5.91 Å². The van der Waals surface area contributed by atoms with Crippen LogP contribution in [0.25, 0.3) is 0 Å². The third kappa shape index (κ3) is 4.17.